The number of halogens is 1. The predicted molar refractivity (Wildman–Crippen MR) is 135 cm³/mol. The van der Waals surface area contributed by atoms with Crippen molar-refractivity contribution >= 4 is 38.7 Å². The molecule has 4 aliphatic rings. The van der Waals surface area contributed by atoms with E-state index in [0.29, 0.717) is 25.2 Å². The normalized spacial score (nSPS) is 25.9. The standard InChI is InChI=1S/C28H27BrN2O3/c29-19-8-9-21-20(16-19)23(22(17-6-7-17)24(30-21)18-4-2-1-3-5-18)25(32)31-28-13-10-27(11-14-28,12-15-28)26(33)34/h1-5,8-9,16-17H,6-7,10-15H2,(H,31,32)(H,33,34). The molecule has 1 amide bonds. The molecule has 0 atom stereocenters. The lowest BCUT2D eigenvalue weighted by atomic mass is 9.57. The molecule has 2 aromatic carbocycles. The highest BCUT2D eigenvalue weighted by atomic mass is 79.9. The van der Waals surface area contributed by atoms with Crippen LogP contribution in [0.3, 0.4) is 0 Å². The van der Waals surface area contributed by atoms with Gasteiger partial charge in [0.2, 0.25) is 0 Å². The molecule has 0 unspecified atom stereocenters. The quantitative estimate of drug-likeness (QED) is 0.406. The number of hydrogen-bond donors (Lipinski definition) is 2. The number of carbonyl (C=O) groups is 2. The molecule has 4 fully saturated rings. The van der Waals surface area contributed by atoms with Crippen LogP contribution in [-0.4, -0.2) is 27.5 Å². The van der Waals surface area contributed by atoms with Crippen LogP contribution >= 0.6 is 15.9 Å². The SMILES string of the molecule is O=C(NC12CCC(C(=O)O)(CC1)CC2)c1c(C2CC2)c(-c2ccccc2)nc2ccc(Br)cc12. The minimum absolute atomic E-state index is 0.0469. The molecule has 2 N–H and O–H groups in total. The van der Waals surface area contributed by atoms with E-state index in [1.165, 1.54) is 0 Å². The summed E-state index contributed by atoms with van der Waals surface area (Å²) < 4.78 is 0.921. The Kier molecular flexibility index (Phi) is 5.07. The molecule has 34 heavy (non-hydrogen) atoms. The van der Waals surface area contributed by atoms with Gasteiger partial charge in [-0.05, 0) is 81.0 Å². The molecule has 174 valence electrons. The summed E-state index contributed by atoms with van der Waals surface area (Å²) in [5.41, 5.74) is 3.62. The van der Waals surface area contributed by atoms with Gasteiger partial charge in [-0.15, -0.1) is 0 Å². The van der Waals surface area contributed by atoms with Gasteiger partial charge < -0.3 is 10.4 Å². The summed E-state index contributed by atoms with van der Waals surface area (Å²) in [5.74, 6) is -0.392. The number of nitrogens with zero attached hydrogens (tertiary/aromatic N) is 1. The van der Waals surface area contributed by atoms with E-state index < -0.39 is 11.4 Å². The van der Waals surface area contributed by atoms with E-state index in [9.17, 15) is 14.7 Å². The molecule has 3 aromatic rings. The van der Waals surface area contributed by atoms with Crippen molar-refractivity contribution < 1.29 is 14.7 Å². The maximum Gasteiger partial charge on any atom is 0.309 e. The summed E-state index contributed by atoms with van der Waals surface area (Å²) in [5, 5.41) is 14.0. The number of benzene rings is 2. The Morgan fingerprint density at radius 2 is 1.65 bits per heavy atom. The Hall–Kier alpha value is -2.73. The smallest absolute Gasteiger partial charge is 0.309 e. The second-order valence-corrected chi connectivity index (χ2v) is 11.3. The van der Waals surface area contributed by atoms with Crippen molar-refractivity contribution in [2.75, 3.05) is 0 Å². The summed E-state index contributed by atoms with van der Waals surface area (Å²) in [7, 11) is 0. The van der Waals surface area contributed by atoms with E-state index in [0.717, 1.165) is 69.9 Å². The van der Waals surface area contributed by atoms with Crippen LogP contribution in [0.2, 0.25) is 0 Å². The Balaban J connectivity index is 1.46. The molecule has 7 rings (SSSR count). The van der Waals surface area contributed by atoms with Crippen LogP contribution in [0.25, 0.3) is 22.2 Å². The first kappa shape index (κ1) is 21.8. The number of amides is 1. The average Bonchev–Trinajstić information content (AvgIpc) is 3.69. The van der Waals surface area contributed by atoms with Gasteiger partial charge in [0.1, 0.15) is 0 Å². The fraction of sp³-hybridized carbons (Fsp3) is 0.393. The Labute approximate surface area is 207 Å². The van der Waals surface area contributed by atoms with Gasteiger partial charge in [0.25, 0.3) is 5.91 Å². The van der Waals surface area contributed by atoms with Crippen LogP contribution < -0.4 is 5.32 Å². The first-order chi connectivity index (χ1) is 16.4. The zero-order valence-electron chi connectivity index (χ0n) is 18.9. The number of aromatic nitrogens is 1. The number of fused-ring (bicyclic) bond motifs is 4. The molecular weight excluding hydrogens is 492 g/mol. The number of pyridine rings is 1. The third kappa shape index (κ3) is 3.54. The molecule has 6 heteroatoms. The average molecular weight is 519 g/mol. The van der Waals surface area contributed by atoms with Crippen molar-refractivity contribution in [1.82, 2.24) is 10.3 Å². The maximum atomic E-state index is 14.1. The summed E-state index contributed by atoms with van der Waals surface area (Å²) in [6.07, 6.45) is 6.20. The van der Waals surface area contributed by atoms with E-state index in [-0.39, 0.29) is 11.4 Å². The van der Waals surface area contributed by atoms with Crippen molar-refractivity contribution in [3.63, 3.8) is 0 Å². The van der Waals surface area contributed by atoms with Gasteiger partial charge in [0.05, 0.1) is 22.2 Å². The van der Waals surface area contributed by atoms with E-state index in [1.54, 1.807) is 0 Å². The third-order valence-electron chi connectivity index (χ3n) is 8.32. The zero-order valence-corrected chi connectivity index (χ0v) is 20.5. The minimum atomic E-state index is -0.680. The molecule has 5 nitrogen and oxygen atoms in total. The fourth-order valence-electron chi connectivity index (χ4n) is 6.08. The van der Waals surface area contributed by atoms with Gasteiger partial charge in [-0.3, -0.25) is 9.59 Å². The molecule has 0 spiro atoms. The van der Waals surface area contributed by atoms with Crippen LogP contribution in [0, 0.1) is 5.41 Å². The summed E-state index contributed by atoms with van der Waals surface area (Å²) in [6.45, 7) is 0. The van der Waals surface area contributed by atoms with Crippen molar-refractivity contribution in [3.8, 4) is 11.3 Å². The molecule has 4 aliphatic carbocycles. The molecule has 1 aromatic heterocycles. The highest BCUT2D eigenvalue weighted by Crippen LogP contribution is 2.53. The Morgan fingerprint density at radius 1 is 0.971 bits per heavy atom. The zero-order chi connectivity index (χ0) is 23.5. The molecular formula is C28H27BrN2O3. The van der Waals surface area contributed by atoms with E-state index in [4.69, 9.17) is 4.98 Å². The fourth-order valence-corrected chi connectivity index (χ4v) is 6.44. The Morgan fingerprint density at radius 3 is 2.26 bits per heavy atom. The van der Waals surface area contributed by atoms with Gasteiger partial charge in [-0.25, -0.2) is 4.98 Å². The van der Waals surface area contributed by atoms with Gasteiger partial charge in [-0.1, -0.05) is 46.3 Å². The van der Waals surface area contributed by atoms with Crippen molar-refractivity contribution in [2.24, 2.45) is 5.41 Å². The van der Waals surface area contributed by atoms with Crippen LogP contribution in [0.5, 0.6) is 0 Å². The molecule has 0 aliphatic heterocycles. The number of rotatable bonds is 5. The first-order valence-electron chi connectivity index (χ1n) is 12.1. The second-order valence-electron chi connectivity index (χ2n) is 10.4. The first-order valence-corrected chi connectivity index (χ1v) is 12.9. The van der Waals surface area contributed by atoms with Crippen LogP contribution in [0.15, 0.2) is 53.0 Å². The van der Waals surface area contributed by atoms with Crippen molar-refractivity contribution in [2.45, 2.75) is 62.8 Å². The lowest BCUT2D eigenvalue weighted by Gasteiger charge is -2.51. The maximum absolute atomic E-state index is 14.1. The number of carbonyl (C=O) groups excluding carboxylic acids is 1. The molecule has 0 saturated heterocycles. The third-order valence-corrected chi connectivity index (χ3v) is 8.82. The number of carboxylic acids is 1. The number of aliphatic carboxylic acids is 1. The molecule has 2 bridgehead atoms. The van der Waals surface area contributed by atoms with Gasteiger partial charge in [0.15, 0.2) is 0 Å². The monoisotopic (exact) mass is 518 g/mol. The largest absolute Gasteiger partial charge is 0.481 e. The van der Waals surface area contributed by atoms with Crippen LogP contribution in [-0.2, 0) is 4.79 Å². The van der Waals surface area contributed by atoms with E-state index in [2.05, 4.69) is 33.4 Å². The molecule has 0 radical (unpaired) electrons. The van der Waals surface area contributed by atoms with Crippen molar-refractivity contribution in [3.05, 3.63) is 64.1 Å². The highest BCUT2D eigenvalue weighted by molar-refractivity contribution is 9.10. The number of hydrogen-bond acceptors (Lipinski definition) is 3. The predicted octanol–water partition coefficient (Wildman–Crippen LogP) is 6.45. The number of nitrogens with one attached hydrogen (secondary N) is 1. The molecule has 4 saturated carbocycles. The number of carboxylic acid groups (broad SMARTS) is 1. The van der Waals surface area contributed by atoms with Gasteiger partial charge >= 0.3 is 5.97 Å². The van der Waals surface area contributed by atoms with Crippen molar-refractivity contribution in [1.29, 1.82) is 0 Å². The minimum Gasteiger partial charge on any atom is -0.481 e. The summed E-state index contributed by atoms with van der Waals surface area (Å²) in [6, 6.07) is 16.1. The molecule has 1 heterocycles. The lowest BCUT2D eigenvalue weighted by Crippen LogP contribution is -2.58. The van der Waals surface area contributed by atoms with Crippen LogP contribution in [0.4, 0.5) is 0 Å². The summed E-state index contributed by atoms with van der Waals surface area (Å²) >= 11 is 3.59. The highest BCUT2D eigenvalue weighted by Gasteiger charge is 2.53. The summed E-state index contributed by atoms with van der Waals surface area (Å²) in [4.78, 5) is 31.0. The van der Waals surface area contributed by atoms with E-state index >= 15 is 0 Å². The Bertz CT molecular complexity index is 1290. The van der Waals surface area contributed by atoms with E-state index in [1.807, 2.05) is 36.4 Å². The second kappa shape index (κ2) is 7.91. The lowest BCUT2D eigenvalue weighted by molar-refractivity contribution is -0.156. The van der Waals surface area contributed by atoms with Crippen LogP contribution in [0.1, 0.15) is 73.2 Å². The van der Waals surface area contributed by atoms with Gasteiger partial charge in [-0.2, -0.15) is 0 Å². The van der Waals surface area contributed by atoms with Gasteiger partial charge in [0, 0.05) is 21.0 Å². The topological polar surface area (TPSA) is 79.3 Å².